The molecule has 0 unspecified atom stereocenters. The number of nitrogens with two attached hydrogens (primary N) is 1. The van der Waals surface area contributed by atoms with Gasteiger partial charge in [0.15, 0.2) is 11.3 Å². The molecule has 4 N–H and O–H groups in total. The molecule has 2 aromatic carbocycles. The fourth-order valence-electron chi connectivity index (χ4n) is 8.14. The maximum Gasteiger partial charge on any atom is 0.339 e. The van der Waals surface area contributed by atoms with Gasteiger partial charge in [-0.25, -0.2) is 36.1 Å². The Labute approximate surface area is 351 Å². The number of pyridine rings is 4. The number of para-hydroxylation sites is 4. The van der Waals surface area contributed by atoms with Gasteiger partial charge >= 0.3 is 5.97 Å². The zero-order chi connectivity index (χ0) is 42.6. The SMILES string of the molecule is CN1CCCN(c2ccc3cc(C(=O)O)c4nc5ccccc5n4c3n2)CC1.CON.CONC(=O)c1cc2ccc(N3CCCN(C)CC3)nc2n2c1nc1ccccc12. The van der Waals surface area contributed by atoms with Crippen molar-refractivity contribution in [3.8, 4) is 0 Å². The molecule has 0 bridgehead atoms. The van der Waals surface area contributed by atoms with Crippen LogP contribution in [0.5, 0.6) is 0 Å². The number of hydrogen-bond donors (Lipinski definition) is 3. The molecule has 0 radical (unpaired) electrons. The third-order valence-corrected chi connectivity index (χ3v) is 11.2. The van der Waals surface area contributed by atoms with Gasteiger partial charge < -0.3 is 29.5 Å². The zero-order valence-corrected chi connectivity index (χ0v) is 34.8. The van der Waals surface area contributed by atoms with Crippen LogP contribution in [0, 0.1) is 0 Å². The van der Waals surface area contributed by atoms with Gasteiger partial charge in [-0.05, 0) is 101 Å². The van der Waals surface area contributed by atoms with Crippen LogP contribution in [0.2, 0.25) is 0 Å². The maximum atomic E-state index is 12.6. The van der Waals surface area contributed by atoms with Crippen molar-refractivity contribution in [2.45, 2.75) is 12.8 Å². The molecule has 0 atom stereocenters. The van der Waals surface area contributed by atoms with Crippen molar-refractivity contribution < 1.29 is 24.4 Å². The molecule has 2 fully saturated rings. The lowest BCUT2D eigenvalue weighted by Crippen LogP contribution is -2.29. The van der Waals surface area contributed by atoms with Crippen molar-refractivity contribution in [1.82, 2.24) is 44.0 Å². The van der Waals surface area contributed by atoms with Crippen LogP contribution in [-0.2, 0) is 9.68 Å². The summed E-state index contributed by atoms with van der Waals surface area (Å²) in [4.78, 5) is 61.7. The van der Waals surface area contributed by atoms with E-state index in [1.165, 1.54) is 14.2 Å². The summed E-state index contributed by atoms with van der Waals surface area (Å²) in [6.07, 6.45) is 2.20. The van der Waals surface area contributed by atoms with E-state index in [4.69, 9.17) is 19.8 Å². The van der Waals surface area contributed by atoms with Gasteiger partial charge in [0.2, 0.25) is 0 Å². The number of likely N-dealkylation sites (N-methyl/N-ethyl adjacent to an activating group) is 2. The number of aromatic carboxylic acids is 1. The van der Waals surface area contributed by atoms with Crippen LogP contribution in [0.4, 0.5) is 11.6 Å². The third-order valence-electron chi connectivity index (χ3n) is 11.2. The lowest BCUT2D eigenvalue weighted by Gasteiger charge is -2.22. The number of benzene rings is 2. The van der Waals surface area contributed by atoms with Crippen molar-refractivity contribution >= 4 is 78.9 Å². The van der Waals surface area contributed by atoms with Gasteiger partial charge in [-0.3, -0.25) is 18.4 Å². The molecule has 6 aromatic heterocycles. The first-order valence-corrected chi connectivity index (χ1v) is 20.3. The Morgan fingerprint density at radius 3 is 1.54 bits per heavy atom. The Morgan fingerprint density at radius 1 is 0.607 bits per heavy atom. The minimum absolute atomic E-state index is 0.189. The van der Waals surface area contributed by atoms with E-state index < -0.39 is 5.97 Å². The summed E-state index contributed by atoms with van der Waals surface area (Å²) in [6.45, 7) is 8.00. The Hall–Kier alpha value is -6.50. The number of amides is 1. The molecule has 0 spiro atoms. The molecule has 1 amide bonds. The molecule has 2 aliphatic heterocycles. The first-order valence-electron chi connectivity index (χ1n) is 20.3. The third kappa shape index (κ3) is 8.33. The van der Waals surface area contributed by atoms with E-state index >= 15 is 0 Å². The van der Waals surface area contributed by atoms with E-state index in [1.54, 1.807) is 6.07 Å². The number of hydrogen-bond acceptors (Lipinski definition) is 13. The van der Waals surface area contributed by atoms with Crippen molar-refractivity contribution in [2.75, 3.05) is 90.5 Å². The fourth-order valence-corrected chi connectivity index (χ4v) is 8.14. The quantitative estimate of drug-likeness (QED) is 0.200. The van der Waals surface area contributed by atoms with E-state index in [0.29, 0.717) is 16.9 Å². The van der Waals surface area contributed by atoms with E-state index in [9.17, 15) is 14.7 Å². The van der Waals surface area contributed by atoms with Crippen LogP contribution >= 0.6 is 0 Å². The molecule has 17 heteroatoms. The fraction of sp³-hybridized carbons (Fsp3) is 0.318. The predicted molar refractivity (Wildman–Crippen MR) is 237 cm³/mol. The molecule has 8 aromatic rings. The summed E-state index contributed by atoms with van der Waals surface area (Å²) >= 11 is 0. The Morgan fingerprint density at radius 2 is 1.07 bits per heavy atom. The van der Waals surface area contributed by atoms with Crippen LogP contribution in [0.15, 0.2) is 84.9 Å². The highest BCUT2D eigenvalue weighted by molar-refractivity contribution is 6.05. The smallest absolute Gasteiger partial charge is 0.339 e. The highest BCUT2D eigenvalue weighted by Crippen LogP contribution is 2.29. The molecule has 0 saturated carbocycles. The highest BCUT2D eigenvalue weighted by atomic mass is 16.6. The summed E-state index contributed by atoms with van der Waals surface area (Å²) in [5.41, 5.74) is 8.96. The molecule has 10 rings (SSSR count). The van der Waals surface area contributed by atoms with Gasteiger partial charge in [-0.1, -0.05) is 24.3 Å². The number of hydroxylamine groups is 1. The molecular formula is C44H50N12O5. The van der Waals surface area contributed by atoms with E-state index in [-0.39, 0.29) is 11.5 Å². The molecule has 17 nitrogen and oxygen atoms in total. The Kier molecular flexibility index (Phi) is 12.2. The number of carbonyl (C=O) groups is 2. The highest BCUT2D eigenvalue weighted by Gasteiger charge is 2.22. The number of anilines is 2. The Bertz CT molecular complexity index is 2880. The summed E-state index contributed by atoms with van der Waals surface area (Å²) in [7, 11) is 7.13. The summed E-state index contributed by atoms with van der Waals surface area (Å²) in [5.74, 6) is 4.90. The monoisotopic (exact) mass is 826 g/mol. The van der Waals surface area contributed by atoms with Crippen molar-refractivity contribution in [1.29, 1.82) is 0 Å². The summed E-state index contributed by atoms with van der Waals surface area (Å²) in [5, 5.41) is 11.4. The minimum Gasteiger partial charge on any atom is -0.478 e. The molecule has 2 aliphatic rings. The molecule has 0 aliphatic carbocycles. The second-order valence-corrected chi connectivity index (χ2v) is 15.3. The van der Waals surface area contributed by atoms with E-state index in [2.05, 4.69) is 54.9 Å². The summed E-state index contributed by atoms with van der Waals surface area (Å²) in [6, 6.07) is 27.1. The second-order valence-electron chi connectivity index (χ2n) is 15.3. The lowest BCUT2D eigenvalue weighted by atomic mass is 10.2. The predicted octanol–water partition coefficient (Wildman–Crippen LogP) is 4.85. The van der Waals surface area contributed by atoms with Crippen molar-refractivity contribution in [2.24, 2.45) is 5.90 Å². The molecule has 61 heavy (non-hydrogen) atoms. The van der Waals surface area contributed by atoms with Crippen LogP contribution in [-0.4, -0.2) is 136 Å². The number of nitrogens with zero attached hydrogens (tertiary/aromatic N) is 10. The normalized spacial score (nSPS) is 15.4. The van der Waals surface area contributed by atoms with Crippen LogP contribution in [0.1, 0.15) is 33.6 Å². The Balaban J connectivity index is 0.000000159. The molecule has 316 valence electrons. The van der Waals surface area contributed by atoms with E-state index in [0.717, 1.165) is 121 Å². The maximum absolute atomic E-state index is 12.6. The van der Waals surface area contributed by atoms with Crippen LogP contribution in [0.3, 0.4) is 0 Å². The number of carbonyl (C=O) groups excluding carboxylic acids is 1. The topological polar surface area (TPSA) is 184 Å². The lowest BCUT2D eigenvalue weighted by molar-refractivity contribution is 0.0538. The minimum atomic E-state index is -0.984. The van der Waals surface area contributed by atoms with Gasteiger partial charge in [0, 0.05) is 50.0 Å². The number of rotatable bonds is 5. The first-order chi connectivity index (χ1) is 29.7. The standard InChI is InChI=1S/C22H24N6O2.C21H21N5O2.CH5NO/c1-26-10-5-11-27(13-12-26)19-9-8-15-14-16(22(29)25-30-2)21-23-17-6-3-4-7-18(17)28(21)20(15)24-19;1-24-9-4-10-25(12-11-24)18-8-7-14-13-15(21(27)28)20-22-16-5-2-3-6-17(16)26(20)19(14)23-18;1-3-2/h3-4,6-9,14H,5,10-13H2,1-2H3,(H,25,29);2-3,5-8,13H,4,9-12H2,1H3,(H,27,28);2H2,1H3. The second kappa shape index (κ2) is 18.0. The zero-order valence-electron chi connectivity index (χ0n) is 34.8. The average Bonchev–Trinajstić information content (AvgIpc) is 3.68. The largest absolute Gasteiger partial charge is 0.478 e. The summed E-state index contributed by atoms with van der Waals surface area (Å²) < 4.78 is 3.85. The average molecular weight is 827 g/mol. The van der Waals surface area contributed by atoms with Gasteiger partial charge in [0.25, 0.3) is 5.91 Å². The number of aromatic nitrogens is 6. The number of carboxylic acids is 1. The molecular weight excluding hydrogens is 777 g/mol. The number of imidazole rings is 2. The molecule has 2 saturated heterocycles. The number of carboxylic acid groups (broad SMARTS) is 1. The van der Waals surface area contributed by atoms with Gasteiger partial charge in [-0.2, -0.15) is 0 Å². The molecule has 8 heterocycles. The van der Waals surface area contributed by atoms with Gasteiger partial charge in [0.05, 0.1) is 41.8 Å². The van der Waals surface area contributed by atoms with E-state index in [1.807, 2.05) is 87.7 Å². The van der Waals surface area contributed by atoms with Crippen molar-refractivity contribution in [3.05, 3.63) is 96.1 Å². The number of nitrogens with one attached hydrogen (secondary N) is 1. The first kappa shape index (κ1) is 41.2. The van der Waals surface area contributed by atoms with Crippen LogP contribution in [0.25, 0.3) is 55.4 Å². The van der Waals surface area contributed by atoms with Crippen molar-refractivity contribution in [3.63, 3.8) is 0 Å². The van der Waals surface area contributed by atoms with Gasteiger partial charge in [0.1, 0.15) is 28.5 Å². The van der Waals surface area contributed by atoms with Gasteiger partial charge in [-0.15, -0.1) is 0 Å². The van der Waals surface area contributed by atoms with Crippen LogP contribution < -0.4 is 21.2 Å². The number of fused-ring (bicyclic) bond motifs is 10.